The van der Waals surface area contributed by atoms with Crippen LogP contribution in [-0.4, -0.2) is 17.2 Å². The minimum absolute atomic E-state index is 0. The smallest absolute Gasteiger partial charge is 0.425 e. The summed E-state index contributed by atoms with van der Waals surface area (Å²) in [5, 5.41) is 17.2. The molecule has 0 aliphatic heterocycles. The monoisotopic (exact) mass is 311 g/mol. The van der Waals surface area contributed by atoms with Gasteiger partial charge in [0.15, 0.2) is 0 Å². The molecule has 0 radical (unpaired) electrons. The molecule has 2 nitrogen and oxygen atoms in total. The topological polar surface area (TPSA) is 40.5 Å². The molecule has 10 heteroatoms. The molecule has 0 atom stereocenters. The van der Waals surface area contributed by atoms with E-state index in [2.05, 4.69) is 0 Å². The van der Waals surface area contributed by atoms with Crippen molar-refractivity contribution in [3.05, 3.63) is 36.8 Å². The van der Waals surface area contributed by atoms with Gasteiger partial charge in [0.25, 0.3) is 0 Å². The van der Waals surface area contributed by atoms with Crippen molar-refractivity contribution in [1.29, 1.82) is 0 Å². The largest absolute Gasteiger partial charge is 1.00 e. The Morgan fingerprint density at radius 2 is 1.42 bits per heavy atom. The van der Waals surface area contributed by atoms with Crippen LogP contribution in [0.25, 0.3) is 0 Å². The first-order valence-electron chi connectivity index (χ1n) is 4.09. The van der Waals surface area contributed by atoms with Gasteiger partial charge in [0.2, 0.25) is 0 Å². The molecule has 1 rings (SSSR count). The van der Waals surface area contributed by atoms with Gasteiger partial charge < -0.3 is 17.5 Å². The van der Waals surface area contributed by atoms with E-state index in [4.69, 9.17) is 10.0 Å². The molecule has 0 bridgehead atoms. The Labute approximate surface area is 148 Å². The minimum Gasteiger partial charge on any atom is -0.425 e. The van der Waals surface area contributed by atoms with Gasteiger partial charge in [-0.25, -0.2) is 0 Å². The zero-order chi connectivity index (χ0) is 13.4. The molecule has 0 heterocycles. The Kier molecular flexibility index (Phi) is 8.50. The Bertz CT molecular complexity index is 386. The van der Waals surface area contributed by atoms with Crippen LogP contribution < -0.4 is 56.8 Å². The zero-order valence-corrected chi connectivity index (χ0v) is 13.0. The summed E-state index contributed by atoms with van der Waals surface area (Å²) in [6.07, 6.45) is -10.1. The second kappa shape index (κ2) is 7.44. The summed E-state index contributed by atoms with van der Waals surface area (Å²) in [5.41, 5.74) is -4.32. The van der Waals surface area contributed by atoms with Crippen molar-refractivity contribution in [3.8, 4) is 0 Å². The second-order valence-electron chi connectivity index (χ2n) is 3.11. The van der Waals surface area contributed by atoms with Crippen LogP contribution in [0.3, 0.4) is 0 Å². The maximum atomic E-state index is 12.3. The quantitative estimate of drug-likeness (QED) is 0.383. The van der Waals surface area contributed by atoms with Gasteiger partial charge in [-0.2, -0.15) is 38.5 Å². The molecule has 1 aromatic carbocycles. The Hall–Kier alpha value is 0.421. The summed E-state index contributed by atoms with van der Waals surface area (Å²) < 4.78 is 73.5. The van der Waals surface area contributed by atoms with E-state index in [0.717, 1.165) is 0 Å². The Morgan fingerprint density at radius 1 is 0.947 bits per heavy atom. The first-order chi connectivity index (χ1) is 7.51. The van der Waals surface area contributed by atoms with Gasteiger partial charge in [-0.1, -0.05) is 11.1 Å². The molecule has 0 aliphatic rings. The fourth-order valence-corrected chi connectivity index (χ4v) is 1.05. The van der Waals surface area contributed by atoms with Crippen LogP contribution in [-0.2, 0) is 12.4 Å². The third-order valence-corrected chi connectivity index (χ3v) is 1.80. The maximum absolute atomic E-state index is 12.3. The molecule has 0 amide bonds. The van der Waals surface area contributed by atoms with Gasteiger partial charge in [0, 0.05) is 0 Å². The number of rotatable bonds is 1. The first kappa shape index (κ1) is 21.7. The van der Waals surface area contributed by atoms with E-state index < -0.39 is 36.1 Å². The molecular weight excluding hydrogens is 304 g/mol. The molecule has 19 heavy (non-hydrogen) atoms. The average Bonchev–Trinajstić information content (AvgIpc) is 2.14. The third kappa shape index (κ3) is 6.15. The van der Waals surface area contributed by atoms with Crippen LogP contribution in [0.4, 0.5) is 26.3 Å². The normalized spacial score (nSPS) is 11.4. The summed E-state index contributed by atoms with van der Waals surface area (Å²) >= 11 is 0. The summed E-state index contributed by atoms with van der Waals surface area (Å²) in [4.78, 5) is 0. The molecule has 0 spiro atoms. The molecule has 0 unspecified atom stereocenters. The predicted octanol–water partition coefficient (Wildman–Crippen LogP) is -1.34. The Balaban J connectivity index is 0. The second-order valence-corrected chi connectivity index (χ2v) is 3.11. The Morgan fingerprint density at radius 3 is 1.74 bits per heavy atom. The fraction of sp³-hybridized carbons (Fsp3) is 0.222. The molecule has 0 aliphatic carbocycles. The summed E-state index contributed by atoms with van der Waals surface area (Å²) in [6.45, 7) is 0. The molecule has 0 saturated carbocycles. The predicted molar refractivity (Wildman–Crippen MR) is 51.5 cm³/mol. The van der Waals surface area contributed by atoms with Crippen LogP contribution >= 0.6 is 0 Å². The van der Waals surface area contributed by atoms with Crippen molar-refractivity contribution in [2.45, 2.75) is 12.4 Å². The molecular formula is C9H7BF6KO2-. The SMILES string of the molecule is OB(O)c1[c-]c(C(F)(F)F)cc(C(F)(F)F)c1.[CH3-].[K+]. The standard InChI is InChI=1S/C8H4BF6O2.CH3.K/c10-7(11,12)4-1-5(8(13,14)15)3-6(2-4)9(16)17;;/h1-2,16-17H;1H3;/q2*-1;+1. The van der Waals surface area contributed by atoms with Gasteiger partial charge in [0.1, 0.15) is 0 Å². The van der Waals surface area contributed by atoms with E-state index in [1.165, 1.54) is 6.07 Å². The zero-order valence-electron chi connectivity index (χ0n) is 9.89. The fourth-order valence-electron chi connectivity index (χ4n) is 1.05. The number of halogens is 6. The van der Waals surface area contributed by atoms with Crippen LogP contribution in [0, 0.1) is 13.5 Å². The van der Waals surface area contributed by atoms with Gasteiger partial charge in [-0.15, -0.1) is 11.5 Å². The maximum Gasteiger partial charge on any atom is 1.00 e. The molecule has 1 aromatic rings. The van der Waals surface area contributed by atoms with Crippen molar-refractivity contribution in [2.75, 3.05) is 0 Å². The van der Waals surface area contributed by atoms with Crippen molar-refractivity contribution >= 4 is 12.6 Å². The van der Waals surface area contributed by atoms with Gasteiger partial charge in [-0.3, -0.25) is 0 Å². The van der Waals surface area contributed by atoms with E-state index in [-0.39, 0.29) is 70.9 Å². The molecule has 0 saturated heterocycles. The van der Waals surface area contributed by atoms with Crippen LogP contribution in [0.5, 0.6) is 0 Å². The number of hydrogen-bond acceptors (Lipinski definition) is 2. The third-order valence-electron chi connectivity index (χ3n) is 1.80. The van der Waals surface area contributed by atoms with Crippen molar-refractivity contribution in [1.82, 2.24) is 0 Å². The van der Waals surface area contributed by atoms with E-state index in [0.29, 0.717) is 0 Å². The molecule has 0 fully saturated rings. The van der Waals surface area contributed by atoms with E-state index in [1.807, 2.05) is 0 Å². The van der Waals surface area contributed by atoms with Crippen LogP contribution in [0.2, 0.25) is 0 Å². The molecule has 102 valence electrons. The summed E-state index contributed by atoms with van der Waals surface area (Å²) in [7, 11) is -2.46. The summed E-state index contributed by atoms with van der Waals surface area (Å²) in [6, 6.07) is 1.52. The molecule has 0 aromatic heterocycles. The average molecular weight is 311 g/mol. The summed E-state index contributed by atoms with van der Waals surface area (Å²) in [5.74, 6) is 0. The number of benzene rings is 1. The van der Waals surface area contributed by atoms with Gasteiger partial charge >= 0.3 is 70.9 Å². The minimum atomic E-state index is -5.05. The van der Waals surface area contributed by atoms with Crippen molar-refractivity contribution in [3.63, 3.8) is 0 Å². The number of alkyl halides is 6. The van der Waals surface area contributed by atoms with Gasteiger partial charge in [-0.05, 0) is 0 Å². The van der Waals surface area contributed by atoms with E-state index in [1.54, 1.807) is 0 Å². The van der Waals surface area contributed by atoms with Gasteiger partial charge in [0.05, 0.1) is 0 Å². The van der Waals surface area contributed by atoms with E-state index in [9.17, 15) is 26.3 Å². The number of hydrogen-bond donors (Lipinski definition) is 2. The van der Waals surface area contributed by atoms with Crippen LogP contribution in [0.1, 0.15) is 11.1 Å². The molecule has 2 N–H and O–H groups in total. The van der Waals surface area contributed by atoms with Crippen molar-refractivity contribution < 1.29 is 87.8 Å². The van der Waals surface area contributed by atoms with Crippen LogP contribution in [0.15, 0.2) is 12.1 Å². The first-order valence-corrected chi connectivity index (χ1v) is 4.09. The van der Waals surface area contributed by atoms with Crippen molar-refractivity contribution in [2.24, 2.45) is 0 Å². The van der Waals surface area contributed by atoms with E-state index >= 15 is 0 Å².